The molecule has 1 aliphatic rings. The summed E-state index contributed by atoms with van der Waals surface area (Å²) in [6.45, 7) is 0.275. The first kappa shape index (κ1) is 12.8. The van der Waals surface area contributed by atoms with Crippen molar-refractivity contribution in [1.29, 1.82) is 0 Å². The third-order valence-electron chi connectivity index (χ3n) is 2.78. The molecular formula is C12H13NO4S. The summed E-state index contributed by atoms with van der Waals surface area (Å²) in [5.74, 6) is -0.654. The SMILES string of the molecule is COC(=O)c1cccc2c1S(=O)(=O)N(C)CC=C2. The van der Waals surface area contributed by atoms with Crippen LogP contribution in [0.4, 0.5) is 0 Å². The van der Waals surface area contributed by atoms with Gasteiger partial charge < -0.3 is 4.74 Å². The van der Waals surface area contributed by atoms with Gasteiger partial charge in [-0.3, -0.25) is 0 Å². The number of likely N-dealkylation sites (N-methyl/N-ethyl adjacent to an activating group) is 1. The Labute approximate surface area is 106 Å². The molecule has 0 spiro atoms. The molecule has 0 saturated heterocycles. The lowest BCUT2D eigenvalue weighted by Crippen LogP contribution is -2.28. The van der Waals surface area contributed by atoms with Gasteiger partial charge >= 0.3 is 5.97 Å². The van der Waals surface area contributed by atoms with E-state index in [-0.39, 0.29) is 17.0 Å². The number of methoxy groups -OCH3 is 1. The summed E-state index contributed by atoms with van der Waals surface area (Å²) in [6, 6.07) is 4.75. The van der Waals surface area contributed by atoms with Crippen LogP contribution in [0.1, 0.15) is 15.9 Å². The fourth-order valence-electron chi connectivity index (χ4n) is 1.83. The van der Waals surface area contributed by atoms with E-state index in [1.54, 1.807) is 24.3 Å². The van der Waals surface area contributed by atoms with Crippen LogP contribution in [0.5, 0.6) is 0 Å². The summed E-state index contributed by atoms with van der Waals surface area (Å²) in [4.78, 5) is 11.7. The van der Waals surface area contributed by atoms with Crippen LogP contribution in [0.25, 0.3) is 6.08 Å². The summed E-state index contributed by atoms with van der Waals surface area (Å²) in [5.41, 5.74) is 0.565. The highest BCUT2D eigenvalue weighted by molar-refractivity contribution is 7.89. The highest BCUT2D eigenvalue weighted by atomic mass is 32.2. The monoisotopic (exact) mass is 267 g/mol. The quantitative estimate of drug-likeness (QED) is 0.715. The Hall–Kier alpha value is -1.66. The molecule has 1 heterocycles. The standard InChI is InChI=1S/C12H13NO4S/c1-13-8-4-6-9-5-3-7-10(12(14)17-2)11(9)18(13,15)16/h3-7H,8H2,1-2H3. The maximum Gasteiger partial charge on any atom is 0.339 e. The van der Waals surface area contributed by atoms with Crippen molar-refractivity contribution in [3.8, 4) is 0 Å². The lowest BCUT2D eigenvalue weighted by Gasteiger charge is -2.16. The maximum absolute atomic E-state index is 12.3. The summed E-state index contributed by atoms with van der Waals surface area (Å²) in [7, 11) is -0.971. The third kappa shape index (κ3) is 1.93. The van der Waals surface area contributed by atoms with Gasteiger partial charge in [0, 0.05) is 13.6 Å². The van der Waals surface area contributed by atoms with Gasteiger partial charge in [-0.2, -0.15) is 4.31 Å². The van der Waals surface area contributed by atoms with Crippen LogP contribution < -0.4 is 0 Å². The summed E-state index contributed by atoms with van der Waals surface area (Å²) >= 11 is 0. The van der Waals surface area contributed by atoms with Crippen molar-refractivity contribution in [2.24, 2.45) is 0 Å². The van der Waals surface area contributed by atoms with Crippen molar-refractivity contribution in [3.63, 3.8) is 0 Å². The normalized spacial score (nSPS) is 17.9. The van der Waals surface area contributed by atoms with Crippen molar-refractivity contribution in [2.75, 3.05) is 20.7 Å². The van der Waals surface area contributed by atoms with Gasteiger partial charge in [0.25, 0.3) is 0 Å². The van der Waals surface area contributed by atoms with Crippen LogP contribution in [0.15, 0.2) is 29.2 Å². The van der Waals surface area contributed by atoms with Crippen LogP contribution in [0.3, 0.4) is 0 Å². The second-order valence-electron chi connectivity index (χ2n) is 3.90. The van der Waals surface area contributed by atoms with Crippen LogP contribution >= 0.6 is 0 Å². The Morgan fingerprint density at radius 3 is 2.78 bits per heavy atom. The smallest absolute Gasteiger partial charge is 0.339 e. The molecule has 0 amide bonds. The van der Waals surface area contributed by atoms with Gasteiger partial charge in [0.2, 0.25) is 10.0 Å². The van der Waals surface area contributed by atoms with Gasteiger partial charge in [-0.05, 0) is 11.6 Å². The van der Waals surface area contributed by atoms with Gasteiger partial charge in [-0.15, -0.1) is 0 Å². The summed E-state index contributed by atoms with van der Waals surface area (Å²) < 4.78 is 30.5. The molecule has 0 atom stereocenters. The number of rotatable bonds is 1. The lowest BCUT2D eigenvalue weighted by molar-refractivity contribution is 0.0596. The molecule has 0 saturated carbocycles. The van der Waals surface area contributed by atoms with Crippen molar-refractivity contribution in [3.05, 3.63) is 35.4 Å². The number of nitrogens with zero attached hydrogens (tertiary/aromatic N) is 1. The fourth-order valence-corrected chi connectivity index (χ4v) is 3.28. The molecule has 96 valence electrons. The number of benzene rings is 1. The van der Waals surface area contributed by atoms with E-state index in [1.807, 2.05) is 0 Å². The first-order valence-electron chi connectivity index (χ1n) is 5.32. The third-order valence-corrected chi connectivity index (χ3v) is 4.72. The Kier molecular flexibility index (Phi) is 3.23. The van der Waals surface area contributed by atoms with Gasteiger partial charge in [0.15, 0.2) is 0 Å². The lowest BCUT2D eigenvalue weighted by atomic mass is 10.1. The molecule has 1 aromatic rings. The van der Waals surface area contributed by atoms with E-state index in [2.05, 4.69) is 4.74 Å². The molecule has 0 radical (unpaired) electrons. The van der Waals surface area contributed by atoms with E-state index in [1.165, 1.54) is 24.5 Å². The van der Waals surface area contributed by atoms with Crippen LogP contribution in [0.2, 0.25) is 0 Å². The first-order chi connectivity index (χ1) is 8.48. The van der Waals surface area contributed by atoms with Crippen molar-refractivity contribution < 1.29 is 17.9 Å². The molecule has 0 unspecified atom stereocenters. The largest absolute Gasteiger partial charge is 0.465 e. The zero-order valence-electron chi connectivity index (χ0n) is 10.1. The van der Waals surface area contributed by atoms with Crippen LogP contribution in [0, 0.1) is 0 Å². The number of ether oxygens (including phenoxy) is 1. The van der Waals surface area contributed by atoms with E-state index in [0.29, 0.717) is 5.56 Å². The second kappa shape index (κ2) is 4.55. The molecule has 0 aromatic heterocycles. The van der Waals surface area contributed by atoms with Crippen LogP contribution in [-0.2, 0) is 14.8 Å². The molecule has 0 N–H and O–H groups in total. The minimum absolute atomic E-state index is 0.00750. The number of carbonyl (C=O) groups is 1. The minimum Gasteiger partial charge on any atom is -0.465 e. The highest BCUT2D eigenvalue weighted by Crippen LogP contribution is 2.27. The van der Waals surface area contributed by atoms with Crippen molar-refractivity contribution >= 4 is 22.1 Å². The first-order valence-corrected chi connectivity index (χ1v) is 6.76. The topological polar surface area (TPSA) is 63.7 Å². The average molecular weight is 267 g/mol. The van der Waals surface area contributed by atoms with E-state index in [4.69, 9.17) is 0 Å². The number of esters is 1. The molecule has 0 bridgehead atoms. The number of carbonyl (C=O) groups excluding carboxylic acids is 1. The van der Waals surface area contributed by atoms with E-state index < -0.39 is 16.0 Å². The number of hydrogen-bond donors (Lipinski definition) is 0. The molecule has 5 nitrogen and oxygen atoms in total. The molecular weight excluding hydrogens is 254 g/mol. The van der Waals surface area contributed by atoms with E-state index >= 15 is 0 Å². The number of sulfonamides is 1. The predicted octanol–water partition coefficient (Wildman–Crippen LogP) is 1.12. The number of fused-ring (bicyclic) bond motifs is 1. The Balaban J connectivity index is 2.78. The molecule has 2 rings (SSSR count). The Morgan fingerprint density at radius 1 is 1.39 bits per heavy atom. The maximum atomic E-state index is 12.3. The number of hydrogen-bond acceptors (Lipinski definition) is 4. The van der Waals surface area contributed by atoms with Gasteiger partial charge in [0.05, 0.1) is 12.7 Å². The fraction of sp³-hybridized carbons (Fsp3) is 0.250. The van der Waals surface area contributed by atoms with Gasteiger partial charge in [-0.1, -0.05) is 24.3 Å². The van der Waals surface area contributed by atoms with E-state index in [9.17, 15) is 13.2 Å². The van der Waals surface area contributed by atoms with Gasteiger partial charge in [-0.25, -0.2) is 13.2 Å². The molecule has 0 fully saturated rings. The summed E-state index contributed by atoms with van der Waals surface area (Å²) in [5, 5.41) is 0. The highest BCUT2D eigenvalue weighted by Gasteiger charge is 2.30. The second-order valence-corrected chi connectivity index (χ2v) is 5.89. The Morgan fingerprint density at radius 2 is 2.11 bits per heavy atom. The molecule has 18 heavy (non-hydrogen) atoms. The minimum atomic E-state index is -3.67. The average Bonchev–Trinajstić information content (AvgIpc) is 2.47. The van der Waals surface area contributed by atoms with Crippen molar-refractivity contribution in [2.45, 2.75) is 4.90 Å². The molecule has 6 heteroatoms. The Bertz CT molecular complexity index is 619. The zero-order valence-corrected chi connectivity index (χ0v) is 10.9. The molecule has 0 aliphatic carbocycles. The summed E-state index contributed by atoms with van der Waals surface area (Å²) in [6.07, 6.45) is 3.44. The van der Waals surface area contributed by atoms with Crippen LogP contribution in [-0.4, -0.2) is 39.4 Å². The van der Waals surface area contributed by atoms with Gasteiger partial charge in [0.1, 0.15) is 4.90 Å². The predicted molar refractivity (Wildman–Crippen MR) is 66.6 cm³/mol. The van der Waals surface area contributed by atoms with Crippen molar-refractivity contribution in [1.82, 2.24) is 4.31 Å². The molecule has 1 aromatic carbocycles. The van der Waals surface area contributed by atoms with E-state index in [0.717, 1.165) is 0 Å². The zero-order chi connectivity index (χ0) is 13.3. The molecule has 1 aliphatic heterocycles.